The molecule has 0 saturated carbocycles. The van der Waals surface area contributed by atoms with Crippen LogP contribution in [0.25, 0.3) is 40.2 Å². The van der Waals surface area contributed by atoms with Crippen molar-refractivity contribution in [3.05, 3.63) is 117 Å². The van der Waals surface area contributed by atoms with Gasteiger partial charge in [0.25, 0.3) is 5.91 Å². The minimum absolute atomic E-state index is 0.0285. The van der Waals surface area contributed by atoms with Gasteiger partial charge in [0.2, 0.25) is 0 Å². The van der Waals surface area contributed by atoms with Gasteiger partial charge in [-0.1, -0.05) is 61.9 Å². The average molecular weight is 1090 g/mol. The fourth-order valence-electron chi connectivity index (χ4n) is 11.9. The smallest absolute Gasteiger partial charge is 0.274 e. The van der Waals surface area contributed by atoms with Gasteiger partial charge in [-0.05, 0) is 151 Å². The number of nitrogens with zero attached hydrogens (tertiary/aromatic N) is 5. The number of ketones is 1. The first-order valence-corrected chi connectivity index (χ1v) is 28.5. The van der Waals surface area contributed by atoms with Gasteiger partial charge in [0.05, 0.1) is 81.7 Å². The van der Waals surface area contributed by atoms with Crippen LogP contribution in [0.5, 0.6) is 28.7 Å². The lowest BCUT2D eigenvalue weighted by Gasteiger charge is -2.45. The van der Waals surface area contributed by atoms with Gasteiger partial charge in [-0.2, -0.15) is 0 Å². The molecule has 0 aliphatic carbocycles. The van der Waals surface area contributed by atoms with Crippen molar-refractivity contribution in [2.75, 3.05) is 54.3 Å². The van der Waals surface area contributed by atoms with Gasteiger partial charge < -0.3 is 38.1 Å². The van der Waals surface area contributed by atoms with Crippen LogP contribution in [0, 0.1) is 11.3 Å². The Labute approximate surface area is 470 Å². The number of benzene rings is 4. The van der Waals surface area contributed by atoms with Crippen molar-refractivity contribution in [2.45, 2.75) is 130 Å². The summed E-state index contributed by atoms with van der Waals surface area (Å²) < 4.78 is 47.2. The summed E-state index contributed by atoms with van der Waals surface area (Å²) in [5, 5.41) is 0.598. The summed E-state index contributed by atoms with van der Waals surface area (Å²) in [4.78, 5) is 42.8. The lowest BCUT2D eigenvalue weighted by Crippen LogP contribution is -2.57. The number of hydrogen-bond acceptors (Lipinski definition) is 11. The molecule has 3 atom stereocenters. The molecule has 2 aromatic heterocycles. The van der Waals surface area contributed by atoms with Crippen molar-refractivity contribution < 1.29 is 42.7 Å². The molecule has 418 valence electrons. The van der Waals surface area contributed by atoms with Crippen molar-refractivity contribution in [2.24, 2.45) is 11.3 Å². The third-order valence-electron chi connectivity index (χ3n) is 16.2. The Morgan fingerprint density at radius 3 is 2.04 bits per heavy atom. The van der Waals surface area contributed by atoms with E-state index in [-0.39, 0.29) is 35.2 Å². The molecule has 0 radical (unpaired) electrons. The molecule has 3 unspecified atom stereocenters. The van der Waals surface area contributed by atoms with Gasteiger partial charge in [-0.3, -0.25) is 18.7 Å². The van der Waals surface area contributed by atoms with Gasteiger partial charge in [0, 0.05) is 47.4 Å². The monoisotopic (exact) mass is 1090 g/mol. The number of fused-ring (bicyclic) bond motifs is 6. The van der Waals surface area contributed by atoms with E-state index in [1.54, 1.807) is 21.3 Å². The van der Waals surface area contributed by atoms with Crippen LogP contribution in [0.15, 0.2) is 72.8 Å². The number of aromatic nitrogens is 4. The molecule has 1 amide bonds. The second kappa shape index (κ2) is 23.2. The van der Waals surface area contributed by atoms with Crippen molar-refractivity contribution in [1.82, 2.24) is 24.0 Å². The summed E-state index contributed by atoms with van der Waals surface area (Å²) in [6, 6.07) is 21.9. The van der Waals surface area contributed by atoms with Crippen LogP contribution < -0.4 is 23.7 Å². The van der Waals surface area contributed by atoms with Gasteiger partial charge in [0.1, 0.15) is 23.1 Å². The Bertz CT molecular complexity index is 3280. The van der Waals surface area contributed by atoms with Crippen LogP contribution in [-0.2, 0) is 35.2 Å². The highest BCUT2D eigenvalue weighted by atomic mass is 35.5. The van der Waals surface area contributed by atoms with Crippen LogP contribution in [0.3, 0.4) is 0 Å². The number of halogens is 1. The lowest BCUT2D eigenvalue weighted by molar-refractivity contribution is -0.0520. The zero-order valence-corrected chi connectivity index (χ0v) is 48.4. The topological polar surface area (TPSA) is 138 Å². The SMILES string of the molecule is C/C=C/c1ccc(-c2nc(C(=O)C3CCCOCC(C)(C)CC3)c3n2-c2cc(OC(C)CCC4(C)COCCN4C(=O)c4nc(-c5cccc(OC)c5)n5c4CCc4cc(OC)c(OC(C)C)cc4-5)c(OC)cc2CC3)cc1Cl. The predicted octanol–water partition coefficient (Wildman–Crippen LogP) is 13.0. The van der Waals surface area contributed by atoms with Crippen molar-refractivity contribution in [3.8, 4) is 62.9 Å². The quantitative estimate of drug-likeness (QED) is 0.0856. The Hall–Kier alpha value is -6.61. The number of aryl methyl sites for hydroxylation is 2. The van der Waals surface area contributed by atoms with E-state index in [2.05, 4.69) is 42.9 Å². The number of allylic oxidation sites excluding steroid dienone is 1. The summed E-state index contributed by atoms with van der Waals surface area (Å²) in [6.07, 6.45) is 10.6. The molecule has 4 aliphatic rings. The first-order valence-electron chi connectivity index (χ1n) is 28.1. The van der Waals surface area contributed by atoms with Gasteiger partial charge in [0.15, 0.2) is 34.5 Å². The number of morpholine rings is 1. The highest BCUT2D eigenvalue weighted by molar-refractivity contribution is 6.32. The summed E-state index contributed by atoms with van der Waals surface area (Å²) in [6.45, 7) is 17.0. The fourth-order valence-corrected chi connectivity index (χ4v) is 12.2. The zero-order chi connectivity index (χ0) is 55.8. The summed E-state index contributed by atoms with van der Waals surface area (Å²) in [5.74, 6) is 4.23. The minimum atomic E-state index is -0.691. The Morgan fingerprint density at radius 2 is 1.39 bits per heavy atom. The molecule has 0 bridgehead atoms. The number of rotatable bonds is 16. The van der Waals surface area contributed by atoms with E-state index in [4.69, 9.17) is 54.7 Å². The number of carbonyl (C=O) groups excluding carboxylic acids is 2. The molecule has 14 nitrogen and oxygen atoms in total. The predicted molar refractivity (Wildman–Crippen MR) is 308 cm³/mol. The Balaban J connectivity index is 0.955. The third kappa shape index (κ3) is 11.3. The molecule has 4 aromatic carbocycles. The summed E-state index contributed by atoms with van der Waals surface area (Å²) in [5.41, 5.74) is 8.39. The average Bonchev–Trinajstić information content (AvgIpc) is 4.30. The van der Waals surface area contributed by atoms with Crippen LogP contribution in [0.1, 0.15) is 136 Å². The molecule has 6 heterocycles. The van der Waals surface area contributed by atoms with Crippen LogP contribution in [0.4, 0.5) is 0 Å². The van der Waals surface area contributed by atoms with E-state index in [1.165, 1.54) is 0 Å². The molecule has 4 aliphatic heterocycles. The highest BCUT2D eigenvalue weighted by Crippen LogP contribution is 2.44. The summed E-state index contributed by atoms with van der Waals surface area (Å²) in [7, 11) is 4.96. The largest absolute Gasteiger partial charge is 0.497 e. The van der Waals surface area contributed by atoms with Gasteiger partial charge >= 0.3 is 0 Å². The van der Waals surface area contributed by atoms with Crippen LogP contribution >= 0.6 is 11.6 Å². The maximum atomic E-state index is 15.4. The maximum absolute atomic E-state index is 15.4. The summed E-state index contributed by atoms with van der Waals surface area (Å²) >= 11 is 6.94. The lowest BCUT2D eigenvalue weighted by atomic mass is 9.82. The first-order chi connectivity index (χ1) is 38.0. The second-order valence-corrected chi connectivity index (χ2v) is 23.4. The standard InChI is InChI=1S/C64H76ClN5O9/c1-11-14-41-18-19-46(32-48(41)65)61-66-57(59(71)42-16-13-29-76-37-63(5,6)26-25-42)49-22-20-43-34-54(75-10)56(36-52(43)69(49)61)79-40(4)24-27-64(7)38-77-30-28-68(64)62(72)58-50-23-21-44-33-53(74-9)55(78-39(2)3)35-51(44)70(50)60(67-58)45-15-12-17-47(31-45)73-8/h11-12,14-15,17-19,31-36,39-40,42H,13,16,20-30,37-38H2,1-10H3/b14-11+. The van der Waals surface area contributed by atoms with E-state index < -0.39 is 5.54 Å². The number of carbonyl (C=O) groups is 2. The number of imidazole rings is 2. The molecular weight excluding hydrogens is 1020 g/mol. The van der Waals surface area contributed by atoms with E-state index in [0.29, 0.717) is 128 Å². The molecule has 79 heavy (non-hydrogen) atoms. The number of amides is 1. The molecule has 2 saturated heterocycles. The fraction of sp³-hybridized carbons (Fsp3) is 0.469. The number of Topliss-reactive ketones (excluding diaryl/α,β-unsaturated/α-hetero) is 1. The van der Waals surface area contributed by atoms with Gasteiger partial charge in [-0.25, -0.2) is 9.97 Å². The Kier molecular flexibility index (Phi) is 16.4. The van der Waals surface area contributed by atoms with E-state index >= 15 is 4.79 Å². The molecule has 10 rings (SSSR count). The number of hydrogen-bond donors (Lipinski definition) is 0. The Morgan fingerprint density at radius 1 is 0.747 bits per heavy atom. The van der Waals surface area contributed by atoms with Crippen molar-refractivity contribution >= 4 is 29.4 Å². The second-order valence-electron chi connectivity index (χ2n) is 23.0. The molecule has 15 heteroatoms. The molecule has 0 N–H and O–H groups in total. The minimum Gasteiger partial charge on any atom is -0.497 e. The number of ether oxygens (including phenoxy) is 7. The van der Waals surface area contributed by atoms with E-state index in [1.807, 2.05) is 98.5 Å². The third-order valence-corrected chi connectivity index (χ3v) is 16.5. The normalized spacial score (nSPS) is 19.3. The molecule has 2 fully saturated rings. The van der Waals surface area contributed by atoms with E-state index in [0.717, 1.165) is 76.3 Å². The highest BCUT2D eigenvalue weighted by Gasteiger charge is 2.42. The van der Waals surface area contributed by atoms with Crippen molar-refractivity contribution in [1.29, 1.82) is 0 Å². The number of methoxy groups -OCH3 is 3. The molecule has 0 spiro atoms. The first kappa shape index (κ1) is 55.7. The maximum Gasteiger partial charge on any atom is 0.274 e. The van der Waals surface area contributed by atoms with Gasteiger partial charge in [-0.15, -0.1) is 0 Å². The zero-order valence-electron chi connectivity index (χ0n) is 47.6. The van der Waals surface area contributed by atoms with E-state index in [9.17, 15) is 4.79 Å². The molecule has 6 aromatic rings. The molecular formula is C64H76ClN5O9. The van der Waals surface area contributed by atoms with Crippen LogP contribution in [0.2, 0.25) is 5.02 Å². The van der Waals surface area contributed by atoms with Crippen LogP contribution in [-0.4, -0.2) is 108 Å². The van der Waals surface area contributed by atoms with Crippen molar-refractivity contribution in [3.63, 3.8) is 0 Å².